The summed E-state index contributed by atoms with van der Waals surface area (Å²) in [7, 11) is 3.23. The third kappa shape index (κ3) is 3.36. The lowest BCUT2D eigenvalue weighted by Crippen LogP contribution is -2.21. The average Bonchev–Trinajstić information content (AvgIpc) is 2.47. The molecule has 1 aliphatic rings. The van der Waals surface area contributed by atoms with E-state index in [4.69, 9.17) is 25.8 Å². The van der Waals surface area contributed by atoms with Crippen LogP contribution >= 0.6 is 27.5 Å². The molecule has 1 heterocycles. The number of alkyl halides is 1. The van der Waals surface area contributed by atoms with Crippen LogP contribution in [0.15, 0.2) is 12.1 Å². The molecular weight excluding hydrogens is 332 g/mol. The molecule has 0 radical (unpaired) electrons. The predicted molar refractivity (Wildman–Crippen MR) is 79.8 cm³/mol. The van der Waals surface area contributed by atoms with Gasteiger partial charge in [0.15, 0.2) is 11.5 Å². The first kappa shape index (κ1) is 14.9. The van der Waals surface area contributed by atoms with Gasteiger partial charge in [-0.05, 0) is 30.4 Å². The molecule has 0 saturated carbocycles. The van der Waals surface area contributed by atoms with Crippen molar-refractivity contribution in [3.63, 3.8) is 0 Å². The van der Waals surface area contributed by atoms with Crippen molar-refractivity contribution in [3.05, 3.63) is 22.7 Å². The maximum absolute atomic E-state index is 6.34. The van der Waals surface area contributed by atoms with Crippen LogP contribution in [0.2, 0.25) is 5.02 Å². The van der Waals surface area contributed by atoms with Gasteiger partial charge in [-0.3, -0.25) is 0 Å². The fourth-order valence-corrected chi connectivity index (χ4v) is 3.53. The number of hydrogen-bond donors (Lipinski definition) is 0. The normalized spacial score (nSPS) is 20.9. The Morgan fingerprint density at radius 3 is 2.58 bits per heavy atom. The summed E-state index contributed by atoms with van der Waals surface area (Å²) in [5, 5.41) is 0.685. The minimum Gasteiger partial charge on any atom is -0.493 e. The highest BCUT2D eigenvalue weighted by molar-refractivity contribution is 9.09. The van der Waals surface area contributed by atoms with Crippen LogP contribution in [0.3, 0.4) is 0 Å². The lowest BCUT2D eigenvalue weighted by molar-refractivity contribution is 0.0546. The van der Waals surface area contributed by atoms with E-state index in [1.807, 2.05) is 6.07 Å². The number of halogens is 2. The molecule has 0 amide bonds. The quantitative estimate of drug-likeness (QED) is 0.762. The van der Waals surface area contributed by atoms with Crippen LogP contribution in [0, 0.1) is 5.92 Å². The van der Waals surface area contributed by atoms with E-state index in [0.29, 0.717) is 22.4 Å². The van der Waals surface area contributed by atoms with Crippen molar-refractivity contribution in [1.82, 2.24) is 0 Å². The summed E-state index contributed by atoms with van der Waals surface area (Å²) < 4.78 is 16.1. The Balaban J connectivity index is 2.27. The van der Waals surface area contributed by atoms with Gasteiger partial charge >= 0.3 is 0 Å². The Morgan fingerprint density at radius 2 is 2.00 bits per heavy atom. The summed E-state index contributed by atoms with van der Waals surface area (Å²) >= 11 is 10.1. The number of ether oxygens (including phenoxy) is 3. The van der Waals surface area contributed by atoms with Crippen LogP contribution in [0.4, 0.5) is 0 Å². The first-order valence-electron chi connectivity index (χ1n) is 6.30. The molecule has 1 fully saturated rings. The topological polar surface area (TPSA) is 27.7 Å². The maximum Gasteiger partial charge on any atom is 0.162 e. The Morgan fingerprint density at radius 1 is 1.32 bits per heavy atom. The van der Waals surface area contributed by atoms with E-state index in [1.165, 1.54) is 0 Å². The zero-order chi connectivity index (χ0) is 13.8. The van der Waals surface area contributed by atoms with E-state index in [2.05, 4.69) is 15.9 Å². The Labute approximate surface area is 127 Å². The van der Waals surface area contributed by atoms with Gasteiger partial charge in [0, 0.05) is 22.5 Å². The van der Waals surface area contributed by atoms with Gasteiger partial charge in [0.25, 0.3) is 0 Å². The molecule has 2 unspecified atom stereocenters. The second kappa shape index (κ2) is 6.82. The van der Waals surface area contributed by atoms with Crippen LogP contribution in [0.1, 0.15) is 23.2 Å². The van der Waals surface area contributed by atoms with Gasteiger partial charge in [-0.2, -0.15) is 0 Å². The van der Waals surface area contributed by atoms with Crippen molar-refractivity contribution < 1.29 is 14.2 Å². The van der Waals surface area contributed by atoms with Gasteiger partial charge in [0.05, 0.1) is 20.8 Å². The molecule has 1 aliphatic heterocycles. The Kier molecular flexibility index (Phi) is 5.37. The third-order valence-corrected chi connectivity index (χ3v) is 4.98. The van der Waals surface area contributed by atoms with Crippen molar-refractivity contribution in [1.29, 1.82) is 0 Å². The molecule has 1 aromatic rings. The molecule has 5 heteroatoms. The van der Waals surface area contributed by atoms with Gasteiger partial charge in [-0.15, -0.1) is 0 Å². The van der Waals surface area contributed by atoms with E-state index >= 15 is 0 Å². The van der Waals surface area contributed by atoms with Crippen LogP contribution in [0.5, 0.6) is 11.5 Å². The first-order valence-corrected chi connectivity index (χ1v) is 7.60. The summed E-state index contributed by atoms with van der Waals surface area (Å²) in [5.74, 6) is 1.78. The fraction of sp³-hybridized carbons (Fsp3) is 0.571. The van der Waals surface area contributed by atoms with E-state index in [1.54, 1.807) is 20.3 Å². The molecule has 19 heavy (non-hydrogen) atoms. The van der Waals surface area contributed by atoms with Gasteiger partial charge in [0.2, 0.25) is 0 Å². The highest BCUT2D eigenvalue weighted by Gasteiger charge is 2.26. The molecule has 3 nitrogen and oxygen atoms in total. The third-order valence-electron chi connectivity index (χ3n) is 3.41. The summed E-state index contributed by atoms with van der Waals surface area (Å²) in [6, 6.07) is 3.74. The highest BCUT2D eigenvalue weighted by atomic mass is 79.9. The number of hydrogen-bond acceptors (Lipinski definition) is 3. The van der Waals surface area contributed by atoms with E-state index in [9.17, 15) is 0 Å². The minimum absolute atomic E-state index is 0.167. The lowest BCUT2D eigenvalue weighted by Gasteiger charge is -2.27. The zero-order valence-electron chi connectivity index (χ0n) is 11.1. The van der Waals surface area contributed by atoms with Gasteiger partial charge < -0.3 is 14.2 Å². The van der Waals surface area contributed by atoms with Gasteiger partial charge in [-0.25, -0.2) is 0 Å². The minimum atomic E-state index is 0.167. The second-order valence-corrected chi connectivity index (χ2v) is 6.00. The van der Waals surface area contributed by atoms with Crippen LogP contribution in [0.25, 0.3) is 0 Å². The van der Waals surface area contributed by atoms with Gasteiger partial charge in [-0.1, -0.05) is 27.5 Å². The summed E-state index contributed by atoms with van der Waals surface area (Å²) in [5.41, 5.74) is 1.02. The Hall–Kier alpha value is -0.450. The highest BCUT2D eigenvalue weighted by Crippen LogP contribution is 2.43. The zero-order valence-corrected chi connectivity index (χ0v) is 13.5. The molecule has 0 aliphatic carbocycles. The van der Waals surface area contributed by atoms with E-state index in [-0.39, 0.29) is 4.83 Å². The summed E-state index contributed by atoms with van der Waals surface area (Å²) in [4.78, 5) is 0.167. The molecule has 0 bridgehead atoms. The van der Waals surface area contributed by atoms with Crippen LogP contribution < -0.4 is 9.47 Å². The average molecular weight is 350 g/mol. The molecule has 0 spiro atoms. The van der Waals surface area contributed by atoms with Crippen molar-refractivity contribution in [2.24, 2.45) is 5.92 Å². The largest absolute Gasteiger partial charge is 0.493 e. The van der Waals surface area contributed by atoms with Gasteiger partial charge in [0.1, 0.15) is 0 Å². The second-order valence-electron chi connectivity index (χ2n) is 4.61. The molecular formula is C14H18BrClO3. The molecule has 2 rings (SSSR count). The number of methoxy groups -OCH3 is 2. The first-order chi connectivity index (χ1) is 9.17. The summed E-state index contributed by atoms with van der Waals surface area (Å²) in [6.07, 6.45) is 2.23. The Bertz CT molecular complexity index is 433. The molecule has 1 aromatic carbocycles. The molecule has 0 aromatic heterocycles. The molecule has 2 atom stereocenters. The molecule has 0 N–H and O–H groups in total. The van der Waals surface area contributed by atoms with E-state index < -0.39 is 0 Å². The fourth-order valence-electron chi connectivity index (χ4n) is 2.33. The standard InChI is InChI=1S/C14H18BrClO3/c1-17-12-6-10(11(16)7-13(12)18-2)14(15)9-4-3-5-19-8-9/h6-7,9,14H,3-5,8H2,1-2H3. The molecule has 1 saturated heterocycles. The maximum atomic E-state index is 6.34. The summed E-state index contributed by atoms with van der Waals surface area (Å²) in [6.45, 7) is 1.62. The number of benzene rings is 1. The molecule has 106 valence electrons. The smallest absolute Gasteiger partial charge is 0.162 e. The van der Waals surface area contributed by atoms with Crippen molar-refractivity contribution in [3.8, 4) is 11.5 Å². The van der Waals surface area contributed by atoms with Crippen LogP contribution in [-0.4, -0.2) is 27.4 Å². The van der Waals surface area contributed by atoms with Crippen LogP contribution in [-0.2, 0) is 4.74 Å². The van der Waals surface area contributed by atoms with Crippen molar-refractivity contribution in [2.75, 3.05) is 27.4 Å². The monoisotopic (exact) mass is 348 g/mol. The van der Waals surface area contributed by atoms with E-state index in [0.717, 1.165) is 31.6 Å². The van der Waals surface area contributed by atoms with Crippen molar-refractivity contribution in [2.45, 2.75) is 17.7 Å². The lowest BCUT2D eigenvalue weighted by atomic mass is 9.94. The predicted octanol–water partition coefficient (Wildman–Crippen LogP) is 4.22. The SMILES string of the molecule is COc1cc(Cl)c(C(Br)C2CCCOC2)cc1OC. The van der Waals surface area contributed by atoms with Crippen molar-refractivity contribution >= 4 is 27.5 Å². The number of rotatable bonds is 4.